The number of rotatable bonds is 6. The van der Waals surface area contributed by atoms with Gasteiger partial charge in [0.2, 0.25) is 5.43 Å². The van der Waals surface area contributed by atoms with E-state index < -0.39 is 29.2 Å². The van der Waals surface area contributed by atoms with Crippen LogP contribution in [0.25, 0.3) is 0 Å². The minimum Gasteiger partial charge on any atom is -0.503 e. The predicted molar refractivity (Wildman–Crippen MR) is 73.4 cm³/mol. The lowest BCUT2D eigenvalue weighted by Crippen LogP contribution is -2.30. The molecule has 0 saturated heterocycles. The van der Waals surface area contributed by atoms with Crippen LogP contribution in [0.4, 0.5) is 0 Å². The topological polar surface area (TPSA) is 120 Å². The standard InChI is InChI=1S/C13H18N2O6/c1-7-4-10(16)12(19)9(5-14(3)6-11(17)18)15(7)8(2)13(20)21/h4,8,19H,5-6H2,1-3H3,(H,17,18)(H,20,21). The van der Waals surface area contributed by atoms with Crippen LogP contribution in [0.2, 0.25) is 0 Å². The highest BCUT2D eigenvalue weighted by molar-refractivity contribution is 5.72. The second-order valence-corrected chi connectivity index (χ2v) is 4.90. The maximum atomic E-state index is 11.7. The number of likely N-dealkylation sites (N-methyl/N-ethyl adjacent to an activating group) is 1. The van der Waals surface area contributed by atoms with E-state index in [1.165, 1.54) is 23.4 Å². The van der Waals surface area contributed by atoms with Crippen LogP contribution < -0.4 is 5.43 Å². The minimum absolute atomic E-state index is 0.0628. The molecule has 8 heteroatoms. The van der Waals surface area contributed by atoms with Gasteiger partial charge in [-0.1, -0.05) is 0 Å². The van der Waals surface area contributed by atoms with Gasteiger partial charge in [-0.15, -0.1) is 0 Å². The molecule has 0 spiro atoms. The van der Waals surface area contributed by atoms with Gasteiger partial charge in [0.1, 0.15) is 6.04 Å². The first-order valence-corrected chi connectivity index (χ1v) is 6.22. The van der Waals surface area contributed by atoms with Crippen LogP contribution in [0.1, 0.15) is 24.4 Å². The van der Waals surface area contributed by atoms with Gasteiger partial charge in [-0.2, -0.15) is 0 Å². The second kappa shape index (κ2) is 6.40. The molecule has 1 heterocycles. The molecule has 0 fully saturated rings. The summed E-state index contributed by atoms with van der Waals surface area (Å²) in [6.45, 7) is 2.61. The van der Waals surface area contributed by atoms with Gasteiger partial charge in [-0.3, -0.25) is 14.5 Å². The van der Waals surface area contributed by atoms with Crippen LogP contribution >= 0.6 is 0 Å². The summed E-state index contributed by atoms with van der Waals surface area (Å²) in [5.74, 6) is -2.75. The molecule has 0 aliphatic heterocycles. The molecule has 1 unspecified atom stereocenters. The zero-order chi connectivity index (χ0) is 16.3. The van der Waals surface area contributed by atoms with Crippen molar-refractivity contribution < 1.29 is 24.9 Å². The fraction of sp³-hybridized carbons (Fsp3) is 0.462. The van der Waals surface area contributed by atoms with Crippen LogP contribution in [-0.4, -0.2) is 50.3 Å². The highest BCUT2D eigenvalue weighted by atomic mass is 16.4. The Kier molecular flexibility index (Phi) is 5.09. The first kappa shape index (κ1) is 16.7. The molecule has 0 aliphatic rings. The van der Waals surface area contributed by atoms with Gasteiger partial charge in [0.05, 0.1) is 12.2 Å². The predicted octanol–water partition coefficient (Wildman–Crippen LogP) is 0.0243. The van der Waals surface area contributed by atoms with Gasteiger partial charge in [0, 0.05) is 18.3 Å². The highest BCUT2D eigenvalue weighted by Crippen LogP contribution is 2.21. The van der Waals surface area contributed by atoms with Crippen molar-refractivity contribution in [3.8, 4) is 5.75 Å². The maximum absolute atomic E-state index is 11.7. The summed E-state index contributed by atoms with van der Waals surface area (Å²) >= 11 is 0. The van der Waals surface area contributed by atoms with Gasteiger partial charge >= 0.3 is 11.9 Å². The Labute approximate surface area is 120 Å². The average Bonchev–Trinajstić information content (AvgIpc) is 2.34. The second-order valence-electron chi connectivity index (χ2n) is 4.90. The third-order valence-electron chi connectivity index (χ3n) is 3.09. The fourth-order valence-electron chi connectivity index (χ4n) is 2.14. The third kappa shape index (κ3) is 3.82. The van der Waals surface area contributed by atoms with Crippen LogP contribution in [-0.2, 0) is 16.1 Å². The molecule has 21 heavy (non-hydrogen) atoms. The third-order valence-corrected chi connectivity index (χ3v) is 3.09. The molecular formula is C13H18N2O6. The van der Waals surface area contributed by atoms with E-state index in [-0.39, 0.29) is 18.8 Å². The first-order valence-electron chi connectivity index (χ1n) is 6.22. The van der Waals surface area contributed by atoms with Crippen LogP contribution in [0.3, 0.4) is 0 Å². The van der Waals surface area contributed by atoms with Gasteiger partial charge in [-0.25, -0.2) is 4.79 Å². The normalized spacial score (nSPS) is 12.4. The molecule has 0 radical (unpaired) electrons. The molecule has 0 aliphatic carbocycles. The Hall–Kier alpha value is -2.35. The number of aryl methyl sites for hydroxylation is 1. The lowest BCUT2D eigenvalue weighted by Gasteiger charge is -2.24. The first-order chi connectivity index (χ1) is 9.65. The van der Waals surface area contributed by atoms with Crippen molar-refractivity contribution in [1.29, 1.82) is 0 Å². The Morgan fingerprint density at radius 2 is 1.95 bits per heavy atom. The van der Waals surface area contributed by atoms with E-state index in [9.17, 15) is 19.5 Å². The zero-order valence-corrected chi connectivity index (χ0v) is 12.0. The van der Waals surface area contributed by atoms with E-state index in [2.05, 4.69) is 0 Å². The molecule has 0 aromatic carbocycles. The highest BCUT2D eigenvalue weighted by Gasteiger charge is 2.22. The number of aliphatic carboxylic acids is 2. The molecule has 3 N–H and O–H groups in total. The zero-order valence-electron chi connectivity index (χ0n) is 12.0. The van der Waals surface area contributed by atoms with E-state index in [1.807, 2.05) is 0 Å². The van der Waals surface area contributed by atoms with Crippen molar-refractivity contribution in [2.45, 2.75) is 26.4 Å². The summed E-state index contributed by atoms with van der Waals surface area (Å²) in [6.07, 6.45) is 0. The number of aromatic hydroxyl groups is 1. The molecule has 1 atom stereocenters. The Morgan fingerprint density at radius 1 is 1.38 bits per heavy atom. The lowest BCUT2D eigenvalue weighted by molar-refractivity contribution is -0.141. The van der Waals surface area contributed by atoms with E-state index in [1.54, 1.807) is 6.92 Å². The Morgan fingerprint density at radius 3 is 2.43 bits per heavy atom. The molecule has 0 bridgehead atoms. The summed E-state index contributed by atoms with van der Waals surface area (Å²) in [5, 5.41) is 27.8. The van der Waals surface area contributed by atoms with E-state index in [0.29, 0.717) is 5.69 Å². The monoisotopic (exact) mass is 298 g/mol. The maximum Gasteiger partial charge on any atom is 0.326 e. The Balaban J connectivity index is 3.36. The summed E-state index contributed by atoms with van der Waals surface area (Å²) < 4.78 is 1.32. The molecule has 1 rings (SSSR count). The molecular weight excluding hydrogens is 280 g/mol. The van der Waals surface area contributed by atoms with Crippen molar-refractivity contribution in [3.05, 3.63) is 27.7 Å². The number of carboxylic acids is 2. The van der Waals surface area contributed by atoms with Crippen molar-refractivity contribution in [2.75, 3.05) is 13.6 Å². The molecule has 0 saturated carbocycles. The fourth-order valence-corrected chi connectivity index (χ4v) is 2.14. The summed E-state index contributed by atoms with van der Waals surface area (Å²) in [7, 11) is 1.50. The number of hydrogen-bond donors (Lipinski definition) is 3. The quantitative estimate of drug-likeness (QED) is 0.677. The number of nitrogens with zero attached hydrogens (tertiary/aromatic N) is 2. The van der Waals surface area contributed by atoms with Crippen LogP contribution in [0.15, 0.2) is 10.9 Å². The smallest absolute Gasteiger partial charge is 0.326 e. The van der Waals surface area contributed by atoms with E-state index in [0.717, 1.165) is 6.07 Å². The number of carboxylic acid groups (broad SMARTS) is 2. The number of hydrogen-bond acceptors (Lipinski definition) is 5. The summed E-state index contributed by atoms with van der Waals surface area (Å²) in [5.41, 5.74) is -0.162. The molecule has 0 amide bonds. The number of pyridine rings is 1. The minimum atomic E-state index is -1.12. The van der Waals surface area contributed by atoms with Crippen LogP contribution in [0.5, 0.6) is 5.75 Å². The lowest BCUT2D eigenvalue weighted by atomic mass is 10.2. The van der Waals surface area contributed by atoms with E-state index >= 15 is 0 Å². The van der Waals surface area contributed by atoms with Crippen molar-refractivity contribution in [3.63, 3.8) is 0 Å². The van der Waals surface area contributed by atoms with Gasteiger partial charge in [-0.05, 0) is 20.9 Å². The molecule has 8 nitrogen and oxygen atoms in total. The average molecular weight is 298 g/mol. The van der Waals surface area contributed by atoms with Gasteiger partial charge < -0.3 is 19.9 Å². The largest absolute Gasteiger partial charge is 0.503 e. The molecule has 116 valence electrons. The van der Waals surface area contributed by atoms with Crippen molar-refractivity contribution in [1.82, 2.24) is 9.47 Å². The number of carbonyl (C=O) groups is 2. The Bertz CT molecular complexity index is 622. The van der Waals surface area contributed by atoms with Gasteiger partial charge in [0.25, 0.3) is 0 Å². The van der Waals surface area contributed by atoms with Crippen LogP contribution in [0, 0.1) is 6.92 Å². The van der Waals surface area contributed by atoms with Crippen molar-refractivity contribution in [2.24, 2.45) is 0 Å². The summed E-state index contributed by atoms with van der Waals surface area (Å²) in [4.78, 5) is 34.9. The number of aromatic nitrogens is 1. The van der Waals surface area contributed by atoms with Gasteiger partial charge in [0.15, 0.2) is 5.75 Å². The summed E-state index contributed by atoms with van der Waals surface area (Å²) in [6, 6.07) is 0.153. The molecule has 1 aromatic heterocycles. The SMILES string of the molecule is Cc1cc(=O)c(O)c(CN(C)CC(=O)O)n1C(C)C(=O)O. The van der Waals surface area contributed by atoms with E-state index in [4.69, 9.17) is 10.2 Å². The van der Waals surface area contributed by atoms with Crippen molar-refractivity contribution >= 4 is 11.9 Å². The molecule has 1 aromatic rings.